The number of amides is 1. The minimum atomic E-state index is -0.223. The molecule has 0 aliphatic carbocycles. The maximum Gasteiger partial charge on any atom is 0.419 e. The molecule has 1 fully saturated rings. The predicted molar refractivity (Wildman–Crippen MR) is 49.6 cm³/mol. The quantitative estimate of drug-likeness (QED) is 0.608. The number of likely N-dealkylation sites (N-methyl/N-ethyl adjacent to an activating group) is 1. The van der Waals surface area contributed by atoms with Crippen LogP contribution in [0.5, 0.6) is 0 Å². The SMILES string of the molecule is CN1CCN(C(=O)OI)CC1. The number of carbonyl (C=O) groups excluding carboxylic acids is 1. The molecule has 0 saturated carbocycles. The van der Waals surface area contributed by atoms with E-state index in [0.29, 0.717) is 0 Å². The van der Waals surface area contributed by atoms with Crippen molar-refractivity contribution < 1.29 is 7.86 Å². The molecule has 0 aromatic heterocycles. The van der Waals surface area contributed by atoms with Gasteiger partial charge in [0.2, 0.25) is 0 Å². The van der Waals surface area contributed by atoms with Gasteiger partial charge in [0.05, 0.1) is 0 Å². The molecule has 0 unspecified atom stereocenters. The van der Waals surface area contributed by atoms with Crippen LogP contribution in [0.4, 0.5) is 4.79 Å². The molecule has 0 spiro atoms. The molecule has 1 saturated heterocycles. The maximum absolute atomic E-state index is 11.0. The van der Waals surface area contributed by atoms with Crippen molar-refractivity contribution in [1.29, 1.82) is 0 Å². The van der Waals surface area contributed by atoms with Gasteiger partial charge in [-0.2, -0.15) is 0 Å². The van der Waals surface area contributed by atoms with Crippen LogP contribution >= 0.6 is 23.0 Å². The zero-order valence-electron chi connectivity index (χ0n) is 6.42. The Balaban J connectivity index is 2.33. The number of halogens is 1. The molecule has 0 radical (unpaired) electrons. The third-order valence-corrected chi connectivity index (χ3v) is 2.20. The molecule has 1 aliphatic heterocycles. The lowest BCUT2D eigenvalue weighted by Gasteiger charge is -2.30. The third-order valence-electron chi connectivity index (χ3n) is 1.83. The van der Waals surface area contributed by atoms with Crippen LogP contribution in [0, 0.1) is 0 Å². The zero-order valence-corrected chi connectivity index (χ0v) is 8.57. The minimum Gasteiger partial charge on any atom is -0.378 e. The lowest BCUT2D eigenvalue weighted by atomic mass is 10.3. The summed E-state index contributed by atoms with van der Waals surface area (Å²) in [5.41, 5.74) is 0. The molecule has 0 bridgehead atoms. The number of hydrogen-bond donors (Lipinski definition) is 0. The molecule has 11 heavy (non-hydrogen) atoms. The Morgan fingerprint density at radius 3 is 2.36 bits per heavy atom. The second-order valence-electron chi connectivity index (χ2n) is 2.63. The summed E-state index contributed by atoms with van der Waals surface area (Å²) < 4.78 is 4.56. The molecular weight excluding hydrogens is 259 g/mol. The molecule has 64 valence electrons. The standard InChI is InChI=1S/C6H11IN2O2/c1-8-2-4-9(5-3-8)6(10)11-7/h2-5H2,1H3. The second kappa shape index (κ2) is 4.10. The van der Waals surface area contributed by atoms with E-state index in [4.69, 9.17) is 0 Å². The first kappa shape index (κ1) is 9.05. The molecular formula is C6H11IN2O2. The monoisotopic (exact) mass is 270 g/mol. The normalized spacial score (nSPS) is 20.0. The van der Waals surface area contributed by atoms with Gasteiger partial charge in [0.15, 0.2) is 23.0 Å². The van der Waals surface area contributed by atoms with Gasteiger partial charge in [-0.25, -0.2) is 4.79 Å². The average molecular weight is 270 g/mol. The van der Waals surface area contributed by atoms with Crippen molar-refractivity contribution in [3.63, 3.8) is 0 Å². The third kappa shape index (κ3) is 2.48. The Bertz CT molecular complexity index is 146. The van der Waals surface area contributed by atoms with E-state index in [-0.39, 0.29) is 6.09 Å². The highest BCUT2D eigenvalue weighted by Gasteiger charge is 2.19. The van der Waals surface area contributed by atoms with Gasteiger partial charge in [-0.1, -0.05) is 0 Å². The van der Waals surface area contributed by atoms with E-state index < -0.39 is 0 Å². The van der Waals surface area contributed by atoms with E-state index in [1.54, 1.807) is 27.9 Å². The molecule has 5 heteroatoms. The zero-order chi connectivity index (χ0) is 8.27. The van der Waals surface area contributed by atoms with Crippen molar-refractivity contribution in [2.24, 2.45) is 0 Å². The molecule has 0 aromatic rings. The number of hydrogen-bond acceptors (Lipinski definition) is 3. The smallest absolute Gasteiger partial charge is 0.378 e. The largest absolute Gasteiger partial charge is 0.419 e. The van der Waals surface area contributed by atoms with Crippen molar-refractivity contribution >= 4 is 29.1 Å². The van der Waals surface area contributed by atoms with E-state index in [2.05, 4.69) is 7.97 Å². The Morgan fingerprint density at radius 1 is 1.36 bits per heavy atom. The van der Waals surface area contributed by atoms with Crippen LogP contribution in [-0.4, -0.2) is 49.1 Å². The molecule has 0 atom stereocenters. The molecule has 1 aliphatic rings. The summed E-state index contributed by atoms with van der Waals surface area (Å²) in [6.07, 6.45) is -0.223. The molecule has 0 N–H and O–H groups in total. The number of piperazine rings is 1. The van der Waals surface area contributed by atoms with E-state index >= 15 is 0 Å². The Kier molecular flexibility index (Phi) is 3.38. The summed E-state index contributed by atoms with van der Waals surface area (Å²) in [7, 11) is 2.05. The van der Waals surface area contributed by atoms with Crippen LogP contribution in [0.25, 0.3) is 0 Å². The number of rotatable bonds is 0. The highest BCUT2D eigenvalue weighted by Crippen LogP contribution is 2.03. The van der Waals surface area contributed by atoms with Crippen LogP contribution in [0.15, 0.2) is 0 Å². The van der Waals surface area contributed by atoms with Crippen molar-refractivity contribution in [3.05, 3.63) is 0 Å². The van der Waals surface area contributed by atoms with Gasteiger partial charge in [0, 0.05) is 26.2 Å². The highest BCUT2D eigenvalue weighted by atomic mass is 127. The van der Waals surface area contributed by atoms with Crippen LogP contribution < -0.4 is 0 Å². The topological polar surface area (TPSA) is 32.8 Å². The molecule has 0 aromatic carbocycles. The Morgan fingerprint density at radius 2 is 1.91 bits per heavy atom. The lowest BCUT2D eigenvalue weighted by Crippen LogP contribution is -2.46. The summed E-state index contributed by atoms with van der Waals surface area (Å²) in [6.45, 7) is 3.42. The van der Waals surface area contributed by atoms with Gasteiger partial charge in [-0.15, -0.1) is 0 Å². The van der Waals surface area contributed by atoms with Crippen LogP contribution in [0.1, 0.15) is 0 Å². The molecule has 1 rings (SSSR count). The fourth-order valence-electron chi connectivity index (χ4n) is 1.04. The van der Waals surface area contributed by atoms with Crippen molar-refractivity contribution in [2.45, 2.75) is 0 Å². The first-order valence-corrected chi connectivity index (χ1v) is 4.38. The lowest BCUT2D eigenvalue weighted by molar-refractivity contribution is 0.131. The van der Waals surface area contributed by atoms with Crippen LogP contribution in [0.3, 0.4) is 0 Å². The summed E-state index contributed by atoms with van der Waals surface area (Å²) in [5, 5.41) is 0. The Hall–Kier alpha value is -0.0400. The predicted octanol–water partition coefficient (Wildman–Crippen LogP) is 0.720. The highest BCUT2D eigenvalue weighted by molar-refractivity contribution is 14.1. The number of nitrogens with zero attached hydrogens (tertiary/aromatic N) is 2. The summed E-state index contributed by atoms with van der Waals surface area (Å²) in [4.78, 5) is 14.9. The van der Waals surface area contributed by atoms with Crippen molar-refractivity contribution in [3.8, 4) is 0 Å². The minimum absolute atomic E-state index is 0.223. The van der Waals surface area contributed by atoms with Gasteiger partial charge in [-0.3, -0.25) is 0 Å². The first-order valence-electron chi connectivity index (χ1n) is 3.50. The van der Waals surface area contributed by atoms with E-state index in [1.165, 1.54) is 0 Å². The van der Waals surface area contributed by atoms with Crippen LogP contribution in [0.2, 0.25) is 0 Å². The van der Waals surface area contributed by atoms with Gasteiger partial charge in [0.1, 0.15) is 0 Å². The van der Waals surface area contributed by atoms with Gasteiger partial charge in [0.25, 0.3) is 0 Å². The van der Waals surface area contributed by atoms with E-state index in [1.807, 2.05) is 7.05 Å². The van der Waals surface area contributed by atoms with Crippen LogP contribution in [-0.2, 0) is 3.07 Å². The van der Waals surface area contributed by atoms with Gasteiger partial charge in [-0.05, 0) is 7.05 Å². The molecule has 1 heterocycles. The maximum atomic E-state index is 11.0. The summed E-state index contributed by atoms with van der Waals surface area (Å²) in [5.74, 6) is 0. The van der Waals surface area contributed by atoms with Crippen molar-refractivity contribution in [2.75, 3.05) is 33.2 Å². The summed E-state index contributed by atoms with van der Waals surface area (Å²) >= 11 is 1.62. The first-order chi connectivity index (χ1) is 5.24. The van der Waals surface area contributed by atoms with E-state index in [9.17, 15) is 4.79 Å². The number of carbonyl (C=O) groups is 1. The Labute approximate surface area is 80.2 Å². The van der Waals surface area contributed by atoms with Crippen molar-refractivity contribution in [1.82, 2.24) is 9.80 Å². The fraction of sp³-hybridized carbons (Fsp3) is 0.833. The average Bonchev–Trinajstić information content (AvgIpc) is 2.05. The molecule has 1 amide bonds. The van der Waals surface area contributed by atoms with Gasteiger partial charge < -0.3 is 12.9 Å². The summed E-state index contributed by atoms with van der Waals surface area (Å²) in [6, 6.07) is 0. The van der Waals surface area contributed by atoms with E-state index in [0.717, 1.165) is 26.2 Å². The van der Waals surface area contributed by atoms with Gasteiger partial charge >= 0.3 is 6.09 Å². The molecule has 4 nitrogen and oxygen atoms in total. The second-order valence-corrected chi connectivity index (χ2v) is 3.07. The fourth-order valence-corrected chi connectivity index (χ4v) is 1.32.